The van der Waals surface area contributed by atoms with Crippen molar-refractivity contribution in [2.45, 2.75) is 25.8 Å². The highest BCUT2D eigenvalue weighted by Crippen LogP contribution is 2.18. The van der Waals surface area contributed by atoms with Crippen LogP contribution in [0.1, 0.15) is 29.3 Å². The van der Waals surface area contributed by atoms with E-state index in [0.29, 0.717) is 11.3 Å². The molecule has 0 unspecified atom stereocenters. The van der Waals surface area contributed by atoms with Gasteiger partial charge in [0, 0.05) is 6.04 Å². The van der Waals surface area contributed by atoms with Gasteiger partial charge in [-0.25, -0.2) is 4.79 Å². The maximum Gasteiger partial charge on any atom is 0.342 e. The Labute approximate surface area is 148 Å². The average Bonchev–Trinajstić information content (AvgIpc) is 2.65. The van der Waals surface area contributed by atoms with Gasteiger partial charge in [0.25, 0.3) is 5.91 Å². The molecule has 132 valence electrons. The highest BCUT2D eigenvalue weighted by Gasteiger charge is 2.15. The van der Waals surface area contributed by atoms with Crippen molar-refractivity contribution in [3.63, 3.8) is 0 Å². The predicted molar refractivity (Wildman–Crippen MR) is 95.6 cm³/mol. The third-order valence-electron chi connectivity index (χ3n) is 3.78. The summed E-state index contributed by atoms with van der Waals surface area (Å²) in [5.41, 5.74) is 1.53. The zero-order valence-electron chi connectivity index (χ0n) is 14.5. The van der Waals surface area contributed by atoms with E-state index in [0.717, 1.165) is 12.8 Å². The number of aryl methyl sites for hydroxylation is 1. The topological polar surface area (TPSA) is 64.6 Å². The number of benzene rings is 2. The Hall–Kier alpha value is -2.82. The second-order valence-corrected chi connectivity index (χ2v) is 5.77. The standard InChI is InChI=1S/C20H23NO4/c1-15(12-13-16-8-4-3-5-9-16)21-19(22)14-25-20(23)17-10-6-7-11-18(17)24-2/h3-11,15H,12-14H2,1-2H3,(H,21,22)/t15-/m1/s1. The first-order valence-electron chi connectivity index (χ1n) is 8.23. The van der Waals surface area contributed by atoms with Crippen LogP contribution in [0.15, 0.2) is 54.6 Å². The second kappa shape index (κ2) is 9.47. The largest absolute Gasteiger partial charge is 0.496 e. The molecule has 0 bridgehead atoms. The number of hydrogen-bond donors (Lipinski definition) is 1. The van der Waals surface area contributed by atoms with Crippen molar-refractivity contribution >= 4 is 11.9 Å². The van der Waals surface area contributed by atoms with E-state index in [2.05, 4.69) is 17.4 Å². The Morgan fingerprint density at radius 3 is 2.44 bits per heavy atom. The molecule has 2 rings (SSSR count). The van der Waals surface area contributed by atoms with Gasteiger partial charge >= 0.3 is 5.97 Å². The smallest absolute Gasteiger partial charge is 0.342 e. The van der Waals surface area contributed by atoms with Crippen molar-refractivity contribution in [3.05, 3.63) is 65.7 Å². The van der Waals surface area contributed by atoms with Crippen molar-refractivity contribution in [2.24, 2.45) is 0 Å². The second-order valence-electron chi connectivity index (χ2n) is 5.77. The quantitative estimate of drug-likeness (QED) is 0.750. The van der Waals surface area contributed by atoms with Crippen LogP contribution in [0.2, 0.25) is 0 Å². The third-order valence-corrected chi connectivity index (χ3v) is 3.78. The molecule has 0 spiro atoms. The summed E-state index contributed by atoms with van der Waals surface area (Å²) in [6.45, 7) is 1.62. The highest BCUT2D eigenvalue weighted by atomic mass is 16.5. The summed E-state index contributed by atoms with van der Waals surface area (Å²) in [6, 6.07) is 16.8. The molecule has 1 N–H and O–H groups in total. The summed E-state index contributed by atoms with van der Waals surface area (Å²) in [4.78, 5) is 24.0. The van der Waals surface area contributed by atoms with Gasteiger partial charge in [-0.15, -0.1) is 0 Å². The van der Waals surface area contributed by atoms with Gasteiger partial charge in [-0.05, 0) is 37.5 Å². The van der Waals surface area contributed by atoms with Crippen LogP contribution in [0.3, 0.4) is 0 Å². The SMILES string of the molecule is COc1ccccc1C(=O)OCC(=O)N[C@H](C)CCc1ccccc1. The normalized spacial score (nSPS) is 11.4. The number of nitrogens with one attached hydrogen (secondary N) is 1. The van der Waals surface area contributed by atoms with E-state index in [1.807, 2.05) is 25.1 Å². The van der Waals surface area contributed by atoms with Crippen LogP contribution in [0.4, 0.5) is 0 Å². The van der Waals surface area contributed by atoms with Crippen LogP contribution in [-0.2, 0) is 16.0 Å². The number of carbonyl (C=O) groups excluding carboxylic acids is 2. The number of methoxy groups -OCH3 is 1. The monoisotopic (exact) mass is 341 g/mol. The van der Waals surface area contributed by atoms with Crippen molar-refractivity contribution in [1.29, 1.82) is 0 Å². The van der Waals surface area contributed by atoms with E-state index in [4.69, 9.17) is 9.47 Å². The molecule has 0 aliphatic rings. The molecular weight excluding hydrogens is 318 g/mol. The number of esters is 1. The van der Waals surface area contributed by atoms with Crippen LogP contribution in [0.25, 0.3) is 0 Å². The molecular formula is C20H23NO4. The van der Waals surface area contributed by atoms with Gasteiger partial charge in [-0.1, -0.05) is 42.5 Å². The predicted octanol–water partition coefficient (Wildman–Crippen LogP) is 2.99. The summed E-state index contributed by atoms with van der Waals surface area (Å²) in [6.07, 6.45) is 1.69. The van der Waals surface area contributed by atoms with Crippen molar-refractivity contribution in [1.82, 2.24) is 5.32 Å². The van der Waals surface area contributed by atoms with Gasteiger partial charge in [0.05, 0.1) is 7.11 Å². The minimum atomic E-state index is -0.579. The lowest BCUT2D eigenvalue weighted by Gasteiger charge is -2.14. The molecule has 0 saturated carbocycles. The first-order valence-corrected chi connectivity index (χ1v) is 8.23. The zero-order valence-corrected chi connectivity index (χ0v) is 14.5. The van der Waals surface area contributed by atoms with Crippen LogP contribution < -0.4 is 10.1 Å². The fourth-order valence-corrected chi connectivity index (χ4v) is 2.44. The molecule has 5 heteroatoms. The Bertz CT molecular complexity index is 700. The molecule has 25 heavy (non-hydrogen) atoms. The van der Waals surface area contributed by atoms with E-state index < -0.39 is 5.97 Å². The van der Waals surface area contributed by atoms with Crippen molar-refractivity contribution < 1.29 is 19.1 Å². The molecule has 0 saturated heterocycles. The summed E-state index contributed by atoms with van der Waals surface area (Å²) in [5, 5.41) is 2.84. The number of para-hydroxylation sites is 1. The lowest BCUT2D eigenvalue weighted by atomic mass is 10.1. The van der Waals surface area contributed by atoms with Gasteiger partial charge in [-0.3, -0.25) is 4.79 Å². The first kappa shape index (κ1) is 18.5. The molecule has 0 aliphatic carbocycles. The molecule has 2 aromatic carbocycles. The number of carbonyl (C=O) groups is 2. The van der Waals surface area contributed by atoms with E-state index in [1.54, 1.807) is 24.3 Å². The molecule has 0 fully saturated rings. The third kappa shape index (κ3) is 5.95. The van der Waals surface area contributed by atoms with Gasteiger partial charge in [0.2, 0.25) is 0 Å². The van der Waals surface area contributed by atoms with Crippen molar-refractivity contribution in [3.8, 4) is 5.75 Å². The van der Waals surface area contributed by atoms with Crippen LogP contribution in [-0.4, -0.2) is 31.6 Å². The van der Waals surface area contributed by atoms with Crippen LogP contribution in [0, 0.1) is 0 Å². The molecule has 0 aliphatic heterocycles. The van der Waals surface area contributed by atoms with Gasteiger partial charge < -0.3 is 14.8 Å². The minimum absolute atomic E-state index is 0.00216. The van der Waals surface area contributed by atoms with E-state index >= 15 is 0 Å². The summed E-state index contributed by atoms with van der Waals surface area (Å²) in [5.74, 6) is -0.475. The molecule has 0 heterocycles. The molecule has 0 radical (unpaired) electrons. The van der Waals surface area contributed by atoms with Crippen molar-refractivity contribution in [2.75, 3.05) is 13.7 Å². The Kier molecular flexibility index (Phi) is 7.01. The number of amides is 1. The van der Waals surface area contributed by atoms with Gasteiger partial charge in [0.15, 0.2) is 6.61 Å². The summed E-state index contributed by atoms with van der Waals surface area (Å²) < 4.78 is 10.2. The lowest BCUT2D eigenvalue weighted by molar-refractivity contribution is -0.124. The van der Waals surface area contributed by atoms with Gasteiger partial charge in [-0.2, -0.15) is 0 Å². The fourth-order valence-electron chi connectivity index (χ4n) is 2.44. The number of rotatable bonds is 8. The molecule has 1 amide bonds. The van der Waals surface area contributed by atoms with E-state index in [1.165, 1.54) is 12.7 Å². The Morgan fingerprint density at radius 2 is 1.72 bits per heavy atom. The van der Waals surface area contributed by atoms with E-state index in [-0.39, 0.29) is 18.6 Å². The zero-order chi connectivity index (χ0) is 18.1. The van der Waals surface area contributed by atoms with Crippen LogP contribution in [0.5, 0.6) is 5.75 Å². The number of hydrogen-bond acceptors (Lipinski definition) is 4. The Morgan fingerprint density at radius 1 is 1.04 bits per heavy atom. The van der Waals surface area contributed by atoms with Gasteiger partial charge in [0.1, 0.15) is 11.3 Å². The summed E-state index contributed by atoms with van der Waals surface area (Å²) >= 11 is 0. The molecule has 2 aromatic rings. The molecule has 1 atom stereocenters. The maximum atomic E-state index is 12.0. The number of ether oxygens (including phenoxy) is 2. The molecule has 5 nitrogen and oxygen atoms in total. The summed E-state index contributed by atoms with van der Waals surface area (Å²) in [7, 11) is 1.48. The Balaban J connectivity index is 1.75. The molecule has 0 aromatic heterocycles. The highest BCUT2D eigenvalue weighted by molar-refractivity contribution is 5.93. The lowest BCUT2D eigenvalue weighted by Crippen LogP contribution is -2.36. The average molecular weight is 341 g/mol. The van der Waals surface area contributed by atoms with Crippen LogP contribution >= 0.6 is 0 Å². The maximum absolute atomic E-state index is 12.0. The fraction of sp³-hybridized carbons (Fsp3) is 0.300. The minimum Gasteiger partial charge on any atom is -0.496 e. The first-order chi connectivity index (χ1) is 12.1. The van der Waals surface area contributed by atoms with E-state index in [9.17, 15) is 9.59 Å².